The zero-order valence-electron chi connectivity index (χ0n) is 19.2. The topological polar surface area (TPSA) is 101 Å². The second kappa shape index (κ2) is 8.33. The van der Waals surface area contributed by atoms with Crippen LogP contribution < -0.4 is 5.32 Å². The summed E-state index contributed by atoms with van der Waals surface area (Å²) in [5.41, 5.74) is 3.39. The molecule has 0 saturated heterocycles. The third kappa shape index (κ3) is 4.95. The number of pyridine rings is 2. The van der Waals surface area contributed by atoms with Crippen molar-refractivity contribution in [3.05, 3.63) is 46.9 Å². The average molecular weight is 436 g/mol. The van der Waals surface area contributed by atoms with Crippen molar-refractivity contribution in [1.29, 1.82) is 0 Å². The minimum Gasteiger partial charge on any atom is -0.336 e. The number of carbonyl (C=O) groups excluding carboxylic acids is 2. The number of hydrogen-bond donors (Lipinski definition) is 1. The lowest BCUT2D eigenvalue weighted by Gasteiger charge is -2.19. The van der Waals surface area contributed by atoms with Gasteiger partial charge in [-0.1, -0.05) is 25.9 Å². The normalized spacial score (nSPS) is 13.9. The van der Waals surface area contributed by atoms with Crippen LogP contribution in [0.1, 0.15) is 66.8 Å². The average Bonchev–Trinajstić information content (AvgIpc) is 3.48. The van der Waals surface area contributed by atoms with Gasteiger partial charge in [0.25, 0.3) is 11.6 Å². The summed E-state index contributed by atoms with van der Waals surface area (Å²) in [6.45, 7) is 8.15. The predicted octanol–water partition coefficient (Wildman–Crippen LogP) is 4.10. The highest BCUT2D eigenvalue weighted by Gasteiger charge is 2.31. The molecule has 1 saturated carbocycles. The Morgan fingerprint density at radius 2 is 2.00 bits per heavy atom. The molecule has 0 bridgehead atoms. The number of likely N-dealkylation sites (N-methyl/N-ethyl adjacent to an activating group) is 1. The number of anilines is 1. The number of nitrogens with zero attached hydrogens (tertiary/aromatic N) is 4. The lowest BCUT2D eigenvalue weighted by molar-refractivity contribution is -0.116. The van der Waals surface area contributed by atoms with E-state index in [1.54, 1.807) is 19.3 Å². The Hall–Kier alpha value is -3.29. The van der Waals surface area contributed by atoms with Crippen LogP contribution in [0.25, 0.3) is 11.1 Å². The quantitative estimate of drug-likeness (QED) is 0.625. The van der Waals surface area contributed by atoms with E-state index in [2.05, 4.69) is 41.2 Å². The van der Waals surface area contributed by atoms with E-state index < -0.39 is 0 Å². The number of aromatic nitrogens is 3. The second-order valence-corrected chi connectivity index (χ2v) is 9.84. The monoisotopic (exact) mass is 435 g/mol. The molecule has 1 aliphatic carbocycles. The van der Waals surface area contributed by atoms with Gasteiger partial charge in [-0.2, -0.15) is 0 Å². The van der Waals surface area contributed by atoms with E-state index in [9.17, 15) is 9.59 Å². The van der Waals surface area contributed by atoms with Crippen molar-refractivity contribution in [2.24, 2.45) is 5.41 Å². The summed E-state index contributed by atoms with van der Waals surface area (Å²) in [5, 5.41) is 7.62. The maximum absolute atomic E-state index is 13.4. The predicted molar refractivity (Wildman–Crippen MR) is 122 cm³/mol. The van der Waals surface area contributed by atoms with Gasteiger partial charge in [0.05, 0.1) is 23.2 Å². The van der Waals surface area contributed by atoms with Gasteiger partial charge in [0.1, 0.15) is 5.82 Å². The van der Waals surface area contributed by atoms with Gasteiger partial charge >= 0.3 is 0 Å². The summed E-state index contributed by atoms with van der Waals surface area (Å²) in [6.07, 6.45) is 4.39. The van der Waals surface area contributed by atoms with Gasteiger partial charge < -0.3 is 14.7 Å². The summed E-state index contributed by atoms with van der Waals surface area (Å²) >= 11 is 0. The van der Waals surface area contributed by atoms with Gasteiger partial charge in [0.15, 0.2) is 0 Å². The lowest BCUT2D eigenvalue weighted by atomic mass is 9.89. The first kappa shape index (κ1) is 21.9. The Morgan fingerprint density at radius 3 is 2.66 bits per heavy atom. The number of carbonyl (C=O) groups is 2. The van der Waals surface area contributed by atoms with Crippen LogP contribution in [-0.2, 0) is 11.2 Å². The SMILES string of the molecule is Cc1ccnc(NC(=O)CN(C)C(=O)c2cc(C3CC3)nc3onc(CC(C)(C)C)c23)c1. The van der Waals surface area contributed by atoms with E-state index in [0.717, 1.165) is 24.1 Å². The van der Waals surface area contributed by atoms with Crippen LogP contribution in [0.3, 0.4) is 0 Å². The first-order chi connectivity index (χ1) is 15.1. The van der Waals surface area contributed by atoms with Crippen molar-refractivity contribution in [2.75, 3.05) is 18.9 Å². The molecule has 0 atom stereocenters. The molecule has 168 valence electrons. The molecule has 3 heterocycles. The van der Waals surface area contributed by atoms with Crippen molar-refractivity contribution in [3.8, 4) is 0 Å². The van der Waals surface area contributed by atoms with Crippen LogP contribution in [0.5, 0.6) is 0 Å². The fourth-order valence-corrected chi connectivity index (χ4v) is 3.69. The molecule has 2 amide bonds. The molecule has 1 fully saturated rings. The number of hydrogen-bond acceptors (Lipinski definition) is 6. The molecule has 8 heteroatoms. The highest BCUT2D eigenvalue weighted by Crippen LogP contribution is 2.41. The maximum Gasteiger partial charge on any atom is 0.259 e. The van der Waals surface area contributed by atoms with Crippen LogP contribution in [-0.4, -0.2) is 45.4 Å². The maximum atomic E-state index is 13.4. The molecule has 1 N–H and O–H groups in total. The number of aryl methyl sites for hydroxylation is 1. The third-order valence-corrected chi connectivity index (χ3v) is 5.37. The van der Waals surface area contributed by atoms with Crippen LogP contribution in [0.15, 0.2) is 28.9 Å². The molecule has 1 aliphatic rings. The minimum atomic E-state index is -0.313. The lowest BCUT2D eigenvalue weighted by Crippen LogP contribution is -2.35. The van der Waals surface area contributed by atoms with Crippen LogP contribution >= 0.6 is 0 Å². The number of nitrogens with one attached hydrogen (secondary N) is 1. The molecular weight excluding hydrogens is 406 g/mol. The van der Waals surface area contributed by atoms with Gasteiger partial charge in [-0.05, 0) is 55.4 Å². The van der Waals surface area contributed by atoms with Crippen molar-refractivity contribution in [3.63, 3.8) is 0 Å². The molecule has 4 rings (SSSR count). The molecule has 8 nitrogen and oxygen atoms in total. The van der Waals surface area contributed by atoms with E-state index in [0.29, 0.717) is 40.5 Å². The summed E-state index contributed by atoms with van der Waals surface area (Å²) in [7, 11) is 1.62. The molecule has 0 radical (unpaired) electrons. The second-order valence-electron chi connectivity index (χ2n) is 9.84. The Morgan fingerprint density at radius 1 is 1.25 bits per heavy atom. The zero-order valence-corrected chi connectivity index (χ0v) is 19.2. The summed E-state index contributed by atoms with van der Waals surface area (Å²) in [6, 6.07) is 5.48. The van der Waals surface area contributed by atoms with Crippen LogP contribution in [0, 0.1) is 12.3 Å². The number of fused-ring (bicyclic) bond motifs is 1. The molecule has 0 aromatic carbocycles. The highest BCUT2D eigenvalue weighted by atomic mass is 16.5. The molecule has 32 heavy (non-hydrogen) atoms. The van der Waals surface area contributed by atoms with Crippen molar-refractivity contribution >= 4 is 28.7 Å². The molecule has 0 spiro atoms. The highest BCUT2D eigenvalue weighted by molar-refractivity contribution is 6.07. The Balaban J connectivity index is 1.61. The van der Waals surface area contributed by atoms with Crippen LogP contribution in [0.2, 0.25) is 0 Å². The van der Waals surface area contributed by atoms with E-state index in [4.69, 9.17) is 4.52 Å². The summed E-state index contributed by atoms with van der Waals surface area (Å²) < 4.78 is 5.54. The molecule has 3 aromatic heterocycles. The Labute approximate surface area is 187 Å². The van der Waals surface area contributed by atoms with Gasteiger partial charge in [0.2, 0.25) is 5.91 Å². The summed E-state index contributed by atoms with van der Waals surface area (Å²) in [4.78, 5) is 36.2. The van der Waals surface area contributed by atoms with E-state index in [1.165, 1.54) is 4.90 Å². The number of amides is 2. The fourth-order valence-electron chi connectivity index (χ4n) is 3.69. The minimum absolute atomic E-state index is 0.0358. The van der Waals surface area contributed by atoms with Gasteiger partial charge in [-0.3, -0.25) is 9.59 Å². The van der Waals surface area contributed by atoms with E-state index in [-0.39, 0.29) is 23.8 Å². The summed E-state index contributed by atoms with van der Waals surface area (Å²) in [5.74, 6) is 0.240. The Bertz CT molecular complexity index is 1170. The first-order valence-corrected chi connectivity index (χ1v) is 10.9. The zero-order chi connectivity index (χ0) is 23.0. The van der Waals surface area contributed by atoms with E-state index in [1.807, 2.05) is 19.1 Å². The van der Waals surface area contributed by atoms with Gasteiger partial charge in [-0.15, -0.1) is 0 Å². The number of rotatable bonds is 6. The van der Waals surface area contributed by atoms with Crippen molar-refractivity contribution in [2.45, 2.75) is 52.9 Å². The van der Waals surface area contributed by atoms with Gasteiger partial charge in [-0.25, -0.2) is 9.97 Å². The smallest absolute Gasteiger partial charge is 0.259 e. The Kier molecular flexibility index (Phi) is 5.71. The standard InChI is InChI=1S/C24H29N5O3/c1-14-8-9-25-19(10-14)27-20(30)13-29(5)23(31)16-11-17(15-6-7-15)26-22-21(16)18(28-32-22)12-24(2,3)4/h8-11,15H,6-7,12-13H2,1-5H3,(H,25,27,30). The molecular formula is C24H29N5O3. The molecule has 3 aromatic rings. The molecule has 0 unspecified atom stereocenters. The van der Waals surface area contributed by atoms with Crippen molar-refractivity contribution < 1.29 is 14.1 Å². The van der Waals surface area contributed by atoms with E-state index >= 15 is 0 Å². The van der Waals surface area contributed by atoms with Crippen LogP contribution in [0.4, 0.5) is 5.82 Å². The third-order valence-electron chi connectivity index (χ3n) is 5.37. The first-order valence-electron chi connectivity index (χ1n) is 10.9. The van der Waals surface area contributed by atoms with Crippen molar-refractivity contribution in [1.82, 2.24) is 20.0 Å². The van der Waals surface area contributed by atoms with Gasteiger partial charge in [0, 0.05) is 24.9 Å². The fraction of sp³-hybridized carbons (Fsp3) is 0.458. The largest absolute Gasteiger partial charge is 0.336 e. The molecule has 0 aliphatic heterocycles.